The van der Waals surface area contributed by atoms with E-state index in [0.717, 1.165) is 12.3 Å². The van der Waals surface area contributed by atoms with E-state index < -0.39 is 0 Å². The second-order valence-corrected chi connectivity index (χ2v) is 12.8. The lowest BCUT2D eigenvalue weighted by atomic mass is 9.64. The van der Waals surface area contributed by atoms with Gasteiger partial charge in [0.25, 0.3) is 0 Å². The number of carbonyl (C=O) groups is 1. The van der Waals surface area contributed by atoms with Gasteiger partial charge in [0.05, 0.1) is 0 Å². The van der Waals surface area contributed by atoms with Crippen molar-refractivity contribution in [2.75, 3.05) is 6.54 Å². The maximum absolute atomic E-state index is 12.1. The van der Waals surface area contributed by atoms with E-state index in [0.29, 0.717) is 24.3 Å². The third-order valence-corrected chi connectivity index (χ3v) is 8.51. The fourth-order valence-corrected chi connectivity index (χ4v) is 5.89. The van der Waals surface area contributed by atoms with E-state index >= 15 is 0 Å². The van der Waals surface area contributed by atoms with Crippen molar-refractivity contribution in [1.29, 1.82) is 0 Å². The number of unbranched alkanes of at least 4 members (excludes halogenated alkanes) is 12. The van der Waals surface area contributed by atoms with E-state index in [-0.39, 0.29) is 5.91 Å². The molecular formula is C36H63NO. The quantitative estimate of drug-likeness (QED) is 0.124. The Kier molecular flexibility index (Phi) is 19.3. The van der Waals surface area contributed by atoms with Gasteiger partial charge in [-0.15, -0.1) is 0 Å². The highest BCUT2D eigenvalue weighted by Crippen LogP contribution is 2.44. The summed E-state index contributed by atoms with van der Waals surface area (Å²) < 4.78 is 0. The molecule has 38 heavy (non-hydrogen) atoms. The largest absolute Gasteiger partial charge is 0.353 e. The second-order valence-electron chi connectivity index (χ2n) is 12.8. The average molecular weight is 526 g/mol. The normalized spacial score (nSPS) is 20.5. The van der Waals surface area contributed by atoms with Crippen molar-refractivity contribution < 1.29 is 4.79 Å². The van der Waals surface area contributed by atoms with Crippen LogP contribution in [0.3, 0.4) is 0 Å². The van der Waals surface area contributed by atoms with Gasteiger partial charge in [0.2, 0.25) is 5.91 Å². The van der Waals surface area contributed by atoms with E-state index in [4.69, 9.17) is 0 Å². The molecule has 1 fully saturated rings. The van der Waals surface area contributed by atoms with Crippen LogP contribution in [0.1, 0.15) is 151 Å². The van der Waals surface area contributed by atoms with Gasteiger partial charge < -0.3 is 5.32 Å². The standard InChI is InChI=1S/C36H63NO/c1-7-8-9-10-11-12-13-14-15-16-17-18-19-25-35(38)37-30-28-32(3)23-20-22-31(2)26-27-34-33(4)24-21-29-36(34,5)6/h20,22-23,26-28,33-34H,7-19,21,24-25,29-30H2,1-6H3,(H,37,38)/b23-20+,27-26+,31-22+,32-28+. The predicted molar refractivity (Wildman–Crippen MR) is 169 cm³/mol. The van der Waals surface area contributed by atoms with Gasteiger partial charge in [-0.1, -0.05) is 165 Å². The minimum absolute atomic E-state index is 0.182. The number of carbonyl (C=O) groups excluding carboxylic acids is 1. The molecular weight excluding hydrogens is 462 g/mol. The first-order chi connectivity index (χ1) is 18.3. The van der Waals surface area contributed by atoms with Crippen LogP contribution in [-0.2, 0) is 4.79 Å². The molecule has 1 N–H and O–H groups in total. The van der Waals surface area contributed by atoms with Gasteiger partial charge in [-0.25, -0.2) is 0 Å². The Hall–Kier alpha value is -1.57. The highest BCUT2D eigenvalue weighted by atomic mass is 16.1. The molecule has 0 aliphatic heterocycles. The molecule has 0 radical (unpaired) electrons. The van der Waals surface area contributed by atoms with Crippen LogP contribution in [0.15, 0.2) is 47.6 Å². The molecule has 1 aliphatic rings. The van der Waals surface area contributed by atoms with Gasteiger partial charge in [-0.05, 0) is 43.9 Å². The Morgan fingerprint density at radius 3 is 2.00 bits per heavy atom. The number of amides is 1. The van der Waals surface area contributed by atoms with Crippen molar-refractivity contribution in [2.24, 2.45) is 17.3 Å². The summed E-state index contributed by atoms with van der Waals surface area (Å²) in [6.45, 7) is 14.4. The Bertz CT molecular complexity index is 738. The van der Waals surface area contributed by atoms with Crippen molar-refractivity contribution in [3.8, 4) is 0 Å². The van der Waals surface area contributed by atoms with Crippen LogP contribution in [0.25, 0.3) is 0 Å². The third kappa shape index (κ3) is 17.1. The van der Waals surface area contributed by atoms with Gasteiger partial charge >= 0.3 is 0 Å². The fourth-order valence-electron chi connectivity index (χ4n) is 5.89. The topological polar surface area (TPSA) is 29.1 Å². The number of hydrogen-bond donors (Lipinski definition) is 1. The zero-order valence-corrected chi connectivity index (χ0v) is 26.3. The van der Waals surface area contributed by atoms with Crippen LogP contribution in [0, 0.1) is 17.3 Å². The van der Waals surface area contributed by atoms with Crippen molar-refractivity contribution in [3.63, 3.8) is 0 Å². The van der Waals surface area contributed by atoms with Gasteiger partial charge in [0.1, 0.15) is 0 Å². The van der Waals surface area contributed by atoms with E-state index in [1.807, 2.05) is 0 Å². The SMILES string of the molecule is CCCCCCCCCCCCCCCC(=O)NC/C=C(C)/C=C/C=C(C)/C=C/C1C(C)CCCC1(C)C. The number of nitrogens with one attached hydrogen (secondary N) is 1. The minimum atomic E-state index is 0.182. The fraction of sp³-hybridized carbons (Fsp3) is 0.750. The lowest BCUT2D eigenvalue weighted by Crippen LogP contribution is -2.32. The highest BCUT2D eigenvalue weighted by molar-refractivity contribution is 5.75. The molecule has 2 heteroatoms. The van der Waals surface area contributed by atoms with Crippen LogP contribution < -0.4 is 5.32 Å². The van der Waals surface area contributed by atoms with Gasteiger partial charge in [0.15, 0.2) is 0 Å². The third-order valence-electron chi connectivity index (χ3n) is 8.51. The number of rotatable bonds is 20. The summed E-state index contributed by atoms with van der Waals surface area (Å²) in [5.41, 5.74) is 2.87. The summed E-state index contributed by atoms with van der Waals surface area (Å²) in [5.74, 6) is 1.61. The van der Waals surface area contributed by atoms with E-state index in [9.17, 15) is 4.79 Å². The van der Waals surface area contributed by atoms with Gasteiger partial charge in [-0.3, -0.25) is 4.79 Å². The van der Waals surface area contributed by atoms with E-state index in [2.05, 4.69) is 83.3 Å². The van der Waals surface area contributed by atoms with Gasteiger partial charge in [0, 0.05) is 13.0 Å². The zero-order valence-electron chi connectivity index (χ0n) is 26.3. The van der Waals surface area contributed by atoms with Gasteiger partial charge in [-0.2, -0.15) is 0 Å². The molecule has 2 nitrogen and oxygen atoms in total. The molecule has 1 rings (SSSR count). The van der Waals surface area contributed by atoms with Crippen LogP contribution in [0.2, 0.25) is 0 Å². The minimum Gasteiger partial charge on any atom is -0.353 e. The first-order valence-electron chi connectivity index (χ1n) is 16.2. The van der Waals surface area contributed by atoms with Crippen molar-refractivity contribution in [3.05, 3.63) is 47.6 Å². The molecule has 1 saturated carbocycles. The molecule has 218 valence electrons. The molecule has 2 unspecified atom stereocenters. The molecule has 1 amide bonds. The Morgan fingerprint density at radius 1 is 0.842 bits per heavy atom. The first-order valence-corrected chi connectivity index (χ1v) is 16.2. The van der Waals surface area contributed by atoms with Crippen molar-refractivity contribution in [1.82, 2.24) is 5.32 Å². The lowest BCUT2D eigenvalue weighted by molar-refractivity contribution is -0.121. The Balaban J connectivity index is 2.11. The number of hydrogen-bond acceptors (Lipinski definition) is 1. The molecule has 0 aromatic carbocycles. The molecule has 0 aromatic heterocycles. The maximum atomic E-state index is 12.1. The first kappa shape index (κ1) is 34.5. The average Bonchev–Trinajstić information content (AvgIpc) is 2.86. The van der Waals surface area contributed by atoms with Crippen molar-refractivity contribution >= 4 is 5.91 Å². The Morgan fingerprint density at radius 2 is 1.42 bits per heavy atom. The molecule has 0 bridgehead atoms. The highest BCUT2D eigenvalue weighted by Gasteiger charge is 2.34. The number of allylic oxidation sites excluding steroid dienone is 7. The Labute approximate surface area is 237 Å². The molecule has 0 saturated heterocycles. The molecule has 2 atom stereocenters. The zero-order chi connectivity index (χ0) is 28.1. The summed E-state index contributed by atoms with van der Waals surface area (Å²) in [7, 11) is 0. The second kappa shape index (κ2) is 21.3. The molecule has 0 heterocycles. The van der Waals surface area contributed by atoms with Crippen LogP contribution in [-0.4, -0.2) is 12.5 Å². The summed E-state index contributed by atoms with van der Waals surface area (Å²) >= 11 is 0. The monoisotopic (exact) mass is 525 g/mol. The summed E-state index contributed by atoms with van der Waals surface area (Å²) in [4.78, 5) is 12.1. The molecule has 0 aromatic rings. The van der Waals surface area contributed by atoms with Crippen LogP contribution in [0.5, 0.6) is 0 Å². The maximum Gasteiger partial charge on any atom is 0.220 e. The predicted octanol–water partition coefficient (Wildman–Crippen LogP) is 11.1. The van der Waals surface area contributed by atoms with Crippen LogP contribution >= 0.6 is 0 Å². The van der Waals surface area contributed by atoms with E-state index in [1.165, 1.54) is 107 Å². The molecule has 0 spiro atoms. The van der Waals surface area contributed by atoms with Crippen molar-refractivity contribution in [2.45, 2.75) is 151 Å². The van der Waals surface area contributed by atoms with E-state index in [1.54, 1.807) is 0 Å². The summed E-state index contributed by atoms with van der Waals surface area (Å²) in [6, 6.07) is 0. The molecule has 1 aliphatic carbocycles. The van der Waals surface area contributed by atoms with Crippen LogP contribution in [0.4, 0.5) is 0 Å². The smallest absolute Gasteiger partial charge is 0.220 e. The lowest BCUT2D eigenvalue weighted by Gasteiger charge is -2.41. The summed E-state index contributed by atoms with van der Waals surface area (Å²) in [5, 5.41) is 3.05. The summed E-state index contributed by atoms with van der Waals surface area (Å²) in [6.07, 6.45) is 35.3.